The van der Waals surface area contributed by atoms with Crippen LogP contribution in [0.4, 0.5) is 11.5 Å². The number of nitrogens with one attached hydrogen (secondary N) is 2. The van der Waals surface area contributed by atoms with Crippen molar-refractivity contribution in [3.05, 3.63) is 88.6 Å². The van der Waals surface area contributed by atoms with Gasteiger partial charge in [0.1, 0.15) is 5.82 Å². The first-order valence-electron chi connectivity index (χ1n) is 7.90. The average molecular weight is 363 g/mol. The van der Waals surface area contributed by atoms with Gasteiger partial charge in [-0.3, -0.25) is 4.79 Å². The van der Waals surface area contributed by atoms with Crippen molar-refractivity contribution in [2.75, 3.05) is 5.32 Å². The molecular formula is C20H15ClN4O. The first kappa shape index (κ1) is 17.5. The first-order valence-corrected chi connectivity index (χ1v) is 8.28. The Kier molecular flexibility index (Phi) is 5.47. The summed E-state index contributed by atoms with van der Waals surface area (Å²) >= 11 is 5.84. The van der Waals surface area contributed by atoms with Gasteiger partial charge in [-0.25, -0.2) is 4.98 Å². The zero-order valence-corrected chi connectivity index (χ0v) is 14.5. The highest BCUT2D eigenvalue weighted by Crippen LogP contribution is 2.15. The van der Waals surface area contributed by atoms with E-state index in [-0.39, 0.29) is 5.91 Å². The Balaban J connectivity index is 1.58. The molecule has 3 rings (SSSR count). The number of amides is 1. The van der Waals surface area contributed by atoms with E-state index in [0.717, 1.165) is 11.3 Å². The van der Waals surface area contributed by atoms with Gasteiger partial charge in [-0.1, -0.05) is 23.7 Å². The summed E-state index contributed by atoms with van der Waals surface area (Å²) in [6, 6.07) is 19.9. The topological polar surface area (TPSA) is 77.8 Å². The third-order valence-corrected chi connectivity index (χ3v) is 3.93. The van der Waals surface area contributed by atoms with E-state index in [4.69, 9.17) is 16.9 Å². The third kappa shape index (κ3) is 4.59. The molecule has 0 saturated carbocycles. The number of hydrogen-bond donors (Lipinski definition) is 2. The Hall–Kier alpha value is -3.36. The number of carbonyl (C=O) groups excluding carboxylic acids is 1. The van der Waals surface area contributed by atoms with Gasteiger partial charge in [-0.15, -0.1) is 0 Å². The molecule has 2 N–H and O–H groups in total. The molecule has 0 aliphatic rings. The second-order valence-electron chi connectivity index (χ2n) is 5.56. The molecule has 5 nitrogen and oxygen atoms in total. The molecular weight excluding hydrogens is 348 g/mol. The maximum Gasteiger partial charge on any atom is 0.253 e. The number of nitrogens with zero attached hydrogens (tertiary/aromatic N) is 2. The number of aromatic nitrogens is 1. The van der Waals surface area contributed by atoms with Crippen LogP contribution in [-0.2, 0) is 6.54 Å². The molecule has 1 aromatic heterocycles. The molecule has 0 bridgehead atoms. The summed E-state index contributed by atoms with van der Waals surface area (Å²) < 4.78 is 0. The lowest BCUT2D eigenvalue weighted by Crippen LogP contribution is -2.22. The van der Waals surface area contributed by atoms with Gasteiger partial charge < -0.3 is 10.6 Å². The molecule has 3 aromatic rings. The van der Waals surface area contributed by atoms with Gasteiger partial charge in [0.15, 0.2) is 0 Å². The lowest BCUT2D eigenvalue weighted by molar-refractivity contribution is 0.0950. The zero-order valence-electron chi connectivity index (χ0n) is 13.7. The van der Waals surface area contributed by atoms with Crippen LogP contribution in [0.25, 0.3) is 0 Å². The van der Waals surface area contributed by atoms with Gasteiger partial charge in [-0.05, 0) is 54.1 Å². The second kappa shape index (κ2) is 8.15. The van der Waals surface area contributed by atoms with Gasteiger partial charge in [0.05, 0.1) is 17.2 Å². The normalized spacial score (nSPS) is 10.0. The minimum Gasteiger partial charge on any atom is -0.348 e. The number of rotatable bonds is 5. The summed E-state index contributed by atoms with van der Waals surface area (Å²) in [5, 5.41) is 15.4. The maximum atomic E-state index is 12.2. The van der Waals surface area contributed by atoms with E-state index in [1.54, 1.807) is 48.5 Å². The van der Waals surface area contributed by atoms with Crippen LogP contribution in [0.3, 0.4) is 0 Å². The van der Waals surface area contributed by atoms with Crippen LogP contribution in [-0.4, -0.2) is 10.9 Å². The molecule has 0 spiro atoms. The van der Waals surface area contributed by atoms with Crippen LogP contribution in [0.5, 0.6) is 0 Å². The summed E-state index contributed by atoms with van der Waals surface area (Å²) in [6.07, 6.45) is 1.52. The lowest BCUT2D eigenvalue weighted by Gasteiger charge is -2.08. The highest BCUT2D eigenvalue weighted by atomic mass is 35.5. The molecule has 1 heterocycles. The van der Waals surface area contributed by atoms with E-state index >= 15 is 0 Å². The van der Waals surface area contributed by atoms with Crippen LogP contribution in [0.1, 0.15) is 21.5 Å². The van der Waals surface area contributed by atoms with Crippen molar-refractivity contribution in [3.63, 3.8) is 0 Å². The molecule has 0 atom stereocenters. The minimum absolute atomic E-state index is 0.197. The Morgan fingerprint density at radius 2 is 1.77 bits per heavy atom. The van der Waals surface area contributed by atoms with Gasteiger partial charge in [0, 0.05) is 23.5 Å². The summed E-state index contributed by atoms with van der Waals surface area (Å²) in [6.45, 7) is 0.418. The van der Waals surface area contributed by atoms with Crippen molar-refractivity contribution in [1.82, 2.24) is 10.3 Å². The number of hydrogen-bond acceptors (Lipinski definition) is 4. The Labute approximate surface area is 156 Å². The van der Waals surface area contributed by atoms with Gasteiger partial charge in [0.25, 0.3) is 5.91 Å². The van der Waals surface area contributed by atoms with E-state index in [2.05, 4.69) is 21.7 Å². The fourth-order valence-electron chi connectivity index (χ4n) is 2.26. The van der Waals surface area contributed by atoms with E-state index in [0.29, 0.717) is 28.5 Å². The molecule has 0 saturated heterocycles. The van der Waals surface area contributed by atoms with Crippen LogP contribution in [0.15, 0.2) is 66.9 Å². The second-order valence-corrected chi connectivity index (χ2v) is 5.99. The summed E-state index contributed by atoms with van der Waals surface area (Å²) in [5.74, 6) is 0.418. The maximum absolute atomic E-state index is 12.2. The number of benzene rings is 2. The third-order valence-electron chi connectivity index (χ3n) is 3.68. The lowest BCUT2D eigenvalue weighted by atomic mass is 10.2. The quantitative estimate of drug-likeness (QED) is 0.710. The van der Waals surface area contributed by atoms with Crippen LogP contribution >= 0.6 is 11.6 Å². The molecule has 0 unspecified atom stereocenters. The van der Waals surface area contributed by atoms with Crippen LogP contribution < -0.4 is 10.6 Å². The summed E-state index contributed by atoms with van der Waals surface area (Å²) in [4.78, 5) is 16.4. The average Bonchev–Trinajstić information content (AvgIpc) is 2.68. The van der Waals surface area contributed by atoms with Gasteiger partial charge in [-0.2, -0.15) is 5.26 Å². The van der Waals surface area contributed by atoms with E-state index in [1.165, 1.54) is 6.20 Å². The van der Waals surface area contributed by atoms with Gasteiger partial charge in [0.2, 0.25) is 0 Å². The predicted octanol–water partition coefficient (Wildman–Crippen LogP) is 4.28. The molecule has 2 aromatic carbocycles. The highest BCUT2D eigenvalue weighted by Gasteiger charge is 2.06. The van der Waals surface area contributed by atoms with Crippen molar-refractivity contribution < 1.29 is 4.79 Å². The number of nitriles is 1. The predicted molar refractivity (Wildman–Crippen MR) is 101 cm³/mol. The van der Waals surface area contributed by atoms with Crippen LogP contribution in [0, 0.1) is 11.3 Å². The van der Waals surface area contributed by atoms with Crippen molar-refractivity contribution in [3.8, 4) is 6.07 Å². The standard InChI is InChI=1S/C20H15ClN4O/c21-17-6-1-15(2-7-17)12-24-20(26)16-5-10-19(23-13-16)25-18-8-3-14(11-22)4-9-18/h1-10,13H,12H2,(H,23,25)(H,24,26). The smallest absolute Gasteiger partial charge is 0.253 e. The van der Waals surface area contributed by atoms with Crippen molar-refractivity contribution >= 4 is 29.0 Å². The highest BCUT2D eigenvalue weighted by molar-refractivity contribution is 6.30. The summed E-state index contributed by atoms with van der Waals surface area (Å²) in [5.41, 5.74) is 2.85. The SMILES string of the molecule is N#Cc1ccc(Nc2ccc(C(=O)NCc3ccc(Cl)cc3)cn2)cc1. The number of halogens is 1. The number of carbonyl (C=O) groups is 1. The number of anilines is 2. The molecule has 6 heteroatoms. The fraction of sp³-hybridized carbons (Fsp3) is 0.0500. The first-order chi connectivity index (χ1) is 12.6. The van der Waals surface area contributed by atoms with E-state index in [9.17, 15) is 4.79 Å². The molecule has 0 fully saturated rings. The van der Waals surface area contributed by atoms with Crippen LogP contribution in [0.2, 0.25) is 5.02 Å². The molecule has 1 amide bonds. The molecule has 0 aliphatic carbocycles. The Bertz CT molecular complexity index is 930. The minimum atomic E-state index is -0.197. The van der Waals surface area contributed by atoms with Crippen molar-refractivity contribution in [2.24, 2.45) is 0 Å². The largest absolute Gasteiger partial charge is 0.348 e. The van der Waals surface area contributed by atoms with Crippen molar-refractivity contribution in [2.45, 2.75) is 6.54 Å². The zero-order chi connectivity index (χ0) is 18.4. The Morgan fingerprint density at radius 1 is 1.04 bits per heavy atom. The Morgan fingerprint density at radius 3 is 2.38 bits per heavy atom. The number of pyridine rings is 1. The van der Waals surface area contributed by atoms with Gasteiger partial charge >= 0.3 is 0 Å². The molecule has 0 radical (unpaired) electrons. The molecule has 128 valence electrons. The monoisotopic (exact) mass is 362 g/mol. The van der Waals surface area contributed by atoms with Crippen molar-refractivity contribution in [1.29, 1.82) is 5.26 Å². The molecule has 26 heavy (non-hydrogen) atoms. The fourth-order valence-corrected chi connectivity index (χ4v) is 2.39. The van der Waals surface area contributed by atoms with E-state index < -0.39 is 0 Å². The van der Waals surface area contributed by atoms with E-state index in [1.807, 2.05) is 12.1 Å². The molecule has 0 aliphatic heterocycles. The summed E-state index contributed by atoms with van der Waals surface area (Å²) in [7, 11) is 0.